The van der Waals surface area contributed by atoms with Gasteiger partial charge in [-0.1, -0.05) is 65.7 Å². The van der Waals surface area contributed by atoms with Crippen molar-refractivity contribution in [2.24, 2.45) is 0 Å². The summed E-state index contributed by atoms with van der Waals surface area (Å²) in [7, 11) is -3.96. The molecular weight excluding hydrogens is 492 g/mol. The van der Waals surface area contributed by atoms with Gasteiger partial charge in [0.25, 0.3) is 10.0 Å². The molecule has 1 heterocycles. The molecule has 184 valence electrons. The van der Waals surface area contributed by atoms with Gasteiger partial charge < -0.3 is 9.67 Å². The molecular formula is C29H27ClN2O3S. The number of sulfonamides is 1. The Morgan fingerprint density at radius 2 is 1.44 bits per heavy atom. The van der Waals surface area contributed by atoms with Crippen molar-refractivity contribution in [2.45, 2.75) is 31.4 Å². The Kier molecular flexibility index (Phi) is 6.51. The summed E-state index contributed by atoms with van der Waals surface area (Å²) in [5.74, 6) is 0. The molecule has 1 N–H and O–H groups in total. The average molecular weight is 519 g/mol. The first-order valence-electron chi connectivity index (χ1n) is 11.8. The fourth-order valence-electron chi connectivity index (χ4n) is 4.80. The Balaban J connectivity index is 1.55. The highest BCUT2D eigenvalue weighted by Gasteiger charge is 2.29. The number of hydrogen-bond acceptors (Lipinski definition) is 3. The number of hydrogen-bond donors (Lipinski definition) is 1. The lowest BCUT2D eigenvalue weighted by molar-refractivity contribution is 0.166. The Morgan fingerprint density at radius 3 is 2.03 bits per heavy atom. The van der Waals surface area contributed by atoms with Crippen LogP contribution in [0.3, 0.4) is 0 Å². The average Bonchev–Trinajstić information content (AvgIpc) is 3.17. The van der Waals surface area contributed by atoms with Crippen LogP contribution in [0.25, 0.3) is 21.8 Å². The zero-order valence-corrected chi connectivity index (χ0v) is 21.7. The van der Waals surface area contributed by atoms with Gasteiger partial charge in [0.05, 0.1) is 29.8 Å². The number of halogens is 1. The minimum absolute atomic E-state index is 0.101. The van der Waals surface area contributed by atoms with Gasteiger partial charge in [-0.25, -0.2) is 8.42 Å². The molecule has 0 saturated heterocycles. The number of benzene rings is 4. The molecule has 0 unspecified atom stereocenters. The molecule has 36 heavy (non-hydrogen) atoms. The van der Waals surface area contributed by atoms with E-state index in [2.05, 4.69) is 16.7 Å². The van der Waals surface area contributed by atoms with Gasteiger partial charge in [0, 0.05) is 26.8 Å². The molecule has 4 aromatic carbocycles. The number of aliphatic hydroxyl groups is 1. The number of fused-ring (bicyclic) bond motifs is 3. The number of rotatable bonds is 7. The van der Waals surface area contributed by atoms with E-state index in [1.165, 1.54) is 16.4 Å². The molecule has 5 rings (SSSR count). The summed E-state index contributed by atoms with van der Waals surface area (Å²) in [5, 5.41) is 14.0. The third-order valence-corrected chi connectivity index (χ3v) is 8.52. The second-order valence-electron chi connectivity index (χ2n) is 9.08. The van der Waals surface area contributed by atoms with Gasteiger partial charge in [-0.05, 0) is 61.9 Å². The molecule has 7 heteroatoms. The number of nitrogens with zero attached hydrogens (tertiary/aromatic N) is 2. The zero-order valence-electron chi connectivity index (χ0n) is 20.1. The van der Waals surface area contributed by atoms with E-state index in [1.54, 1.807) is 18.2 Å². The number of aliphatic hydroxyl groups excluding tert-OH is 1. The third-order valence-electron chi connectivity index (χ3n) is 6.47. The number of para-hydroxylation sites is 2. The topological polar surface area (TPSA) is 62.5 Å². The van der Waals surface area contributed by atoms with Crippen LogP contribution in [-0.4, -0.2) is 30.7 Å². The maximum Gasteiger partial charge on any atom is 0.264 e. The first kappa shape index (κ1) is 24.4. The molecule has 5 aromatic rings. The summed E-state index contributed by atoms with van der Waals surface area (Å²) in [6, 6.07) is 27.8. The molecule has 0 spiro atoms. The molecule has 0 radical (unpaired) electrons. The highest BCUT2D eigenvalue weighted by Crippen LogP contribution is 2.31. The van der Waals surface area contributed by atoms with E-state index in [0.29, 0.717) is 10.7 Å². The first-order valence-corrected chi connectivity index (χ1v) is 13.6. The van der Waals surface area contributed by atoms with Crippen LogP contribution in [0.2, 0.25) is 5.02 Å². The third kappa shape index (κ3) is 4.48. The van der Waals surface area contributed by atoms with Gasteiger partial charge in [-0.15, -0.1) is 0 Å². The maximum atomic E-state index is 13.8. The number of anilines is 1. The fourth-order valence-corrected chi connectivity index (χ4v) is 6.50. The van der Waals surface area contributed by atoms with Crippen LogP contribution in [0.5, 0.6) is 0 Å². The summed E-state index contributed by atoms with van der Waals surface area (Å²) in [6.45, 7) is 3.99. The maximum absolute atomic E-state index is 13.8. The second-order valence-corrected chi connectivity index (χ2v) is 11.4. The van der Waals surface area contributed by atoms with Gasteiger partial charge in [-0.2, -0.15) is 0 Å². The van der Waals surface area contributed by atoms with Crippen molar-refractivity contribution in [3.05, 3.63) is 107 Å². The number of aromatic nitrogens is 1. The first-order chi connectivity index (χ1) is 17.3. The van der Waals surface area contributed by atoms with Crippen LogP contribution in [0.15, 0.2) is 95.9 Å². The molecule has 0 aliphatic carbocycles. The Morgan fingerprint density at radius 1 is 0.861 bits per heavy atom. The largest absolute Gasteiger partial charge is 0.389 e. The van der Waals surface area contributed by atoms with E-state index in [1.807, 2.05) is 62.4 Å². The molecule has 0 bridgehead atoms. The van der Waals surface area contributed by atoms with E-state index in [9.17, 15) is 13.5 Å². The smallest absolute Gasteiger partial charge is 0.264 e. The summed E-state index contributed by atoms with van der Waals surface area (Å²) in [4.78, 5) is 0.121. The van der Waals surface area contributed by atoms with Gasteiger partial charge in [0.1, 0.15) is 0 Å². The van der Waals surface area contributed by atoms with Crippen molar-refractivity contribution in [1.29, 1.82) is 0 Å². The highest BCUT2D eigenvalue weighted by atomic mass is 35.5. The molecule has 0 aliphatic heterocycles. The molecule has 5 nitrogen and oxygen atoms in total. The van der Waals surface area contributed by atoms with Crippen molar-refractivity contribution < 1.29 is 13.5 Å². The predicted octanol–water partition coefficient (Wildman–Crippen LogP) is 6.32. The fraction of sp³-hybridized carbons (Fsp3) is 0.172. The molecule has 1 atom stereocenters. The van der Waals surface area contributed by atoms with Crippen LogP contribution in [-0.2, 0) is 16.6 Å². The van der Waals surface area contributed by atoms with E-state index >= 15 is 0 Å². The lowest BCUT2D eigenvalue weighted by atomic mass is 10.1. The quantitative estimate of drug-likeness (QED) is 0.274. The van der Waals surface area contributed by atoms with Crippen LogP contribution in [0.4, 0.5) is 5.69 Å². The van der Waals surface area contributed by atoms with Crippen LogP contribution in [0.1, 0.15) is 11.1 Å². The summed E-state index contributed by atoms with van der Waals surface area (Å²) in [5.41, 5.74) is 4.38. The van der Waals surface area contributed by atoms with Crippen LogP contribution >= 0.6 is 11.6 Å². The predicted molar refractivity (Wildman–Crippen MR) is 147 cm³/mol. The zero-order chi connectivity index (χ0) is 25.4. The van der Waals surface area contributed by atoms with Crippen molar-refractivity contribution in [3.63, 3.8) is 0 Å². The van der Waals surface area contributed by atoms with E-state index in [0.717, 1.165) is 32.9 Å². The lowest BCUT2D eigenvalue weighted by Crippen LogP contribution is -2.39. The summed E-state index contributed by atoms with van der Waals surface area (Å²) >= 11 is 6.01. The SMILES string of the molecule is Cc1ccc(N(C[C@@H](O)Cn2c3ccccc3c3ccccc32)S(=O)(=O)c2ccc(Cl)cc2)c(C)c1. The summed E-state index contributed by atoms with van der Waals surface area (Å²) in [6.07, 6.45) is -0.966. The van der Waals surface area contributed by atoms with Crippen molar-refractivity contribution in [3.8, 4) is 0 Å². The normalized spacial score (nSPS) is 12.8. The van der Waals surface area contributed by atoms with E-state index in [4.69, 9.17) is 11.6 Å². The molecule has 0 aliphatic rings. The molecule has 1 aromatic heterocycles. The van der Waals surface area contributed by atoms with E-state index in [-0.39, 0.29) is 18.0 Å². The summed E-state index contributed by atoms with van der Waals surface area (Å²) < 4.78 is 31.0. The Bertz CT molecular complexity index is 1610. The van der Waals surface area contributed by atoms with Crippen molar-refractivity contribution >= 4 is 49.1 Å². The standard InChI is InChI=1S/C29H27ClN2O3S/c1-20-11-16-27(21(2)17-20)32(36(34,35)24-14-12-22(30)13-15-24)19-23(33)18-31-28-9-5-3-7-25(28)26-8-4-6-10-29(26)31/h3-17,23,33H,18-19H2,1-2H3/t23-/m0/s1. The minimum atomic E-state index is -3.96. The Labute approximate surface area is 216 Å². The second kappa shape index (κ2) is 9.62. The molecule has 0 fully saturated rings. The number of aryl methyl sites for hydroxylation is 2. The molecule has 0 amide bonds. The Hall–Kier alpha value is -3.32. The molecule has 0 saturated carbocycles. The van der Waals surface area contributed by atoms with Crippen molar-refractivity contribution in [1.82, 2.24) is 4.57 Å². The van der Waals surface area contributed by atoms with Crippen LogP contribution in [0, 0.1) is 13.8 Å². The van der Waals surface area contributed by atoms with Gasteiger partial charge >= 0.3 is 0 Å². The monoisotopic (exact) mass is 518 g/mol. The van der Waals surface area contributed by atoms with Gasteiger partial charge in [-0.3, -0.25) is 4.31 Å². The minimum Gasteiger partial charge on any atom is -0.389 e. The van der Waals surface area contributed by atoms with E-state index < -0.39 is 16.1 Å². The highest BCUT2D eigenvalue weighted by molar-refractivity contribution is 7.92. The van der Waals surface area contributed by atoms with Gasteiger partial charge in [0.15, 0.2) is 0 Å². The lowest BCUT2D eigenvalue weighted by Gasteiger charge is -2.29. The van der Waals surface area contributed by atoms with Crippen LogP contribution < -0.4 is 4.31 Å². The van der Waals surface area contributed by atoms with Crippen molar-refractivity contribution in [2.75, 3.05) is 10.8 Å². The van der Waals surface area contributed by atoms with Gasteiger partial charge in [0.2, 0.25) is 0 Å².